The predicted molar refractivity (Wildman–Crippen MR) is 92.9 cm³/mol. The van der Waals surface area contributed by atoms with Crippen molar-refractivity contribution in [2.75, 3.05) is 7.11 Å². The number of nitrogens with zero attached hydrogens (tertiary/aromatic N) is 1. The Bertz CT molecular complexity index is 784. The third-order valence-corrected chi connectivity index (χ3v) is 3.52. The third-order valence-electron chi connectivity index (χ3n) is 3.52. The molecule has 0 aromatic heterocycles. The van der Waals surface area contributed by atoms with Gasteiger partial charge in [0.2, 0.25) is 0 Å². The minimum absolute atomic E-state index is 0.279. The number of carbonyl (C=O) groups excluding carboxylic acids is 1. The first kappa shape index (κ1) is 17.3. The van der Waals surface area contributed by atoms with Crippen LogP contribution in [0.4, 0.5) is 0 Å². The molecule has 2 aromatic carbocycles. The van der Waals surface area contributed by atoms with Crippen LogP contribution >= 0.6 is 0 Å². The summed E-state index contributed by atoms with van der Waals surface area (Å²) in [6, 6.07) is 14.6. The molecule has 0 amide bonds. The Morgan fingerprint density at radius 1 is 1.12 bits per heavy atom. The summed E-state index contributed by atoms with van der Waals surface area (Å²) in [5, 5.41) is 8.87. The van der Waals surface area contributed by atoms with Crippen molar-refractivity contribution in [1.29, 1.82) is 5.26 Å². The molecule has 24 heavy (non-hydrogen) atoms. The van der Waals surface area contributed by atoms with Gasteiger partial charge in [0.1, 0.15) is 0 Å². The molecule has 2 aromatic rings. The van der Waals surface area contributed by atoms with Gasteiger partial charge in [0.15, 0.2) is 11.5 Å². The number of ether oxygens (including phenoxy) is 2. The Morgan fingerprint density at radius 2 is 1.83 bits per heavy atom. The van der Waals surface area contributed by atoms with E-state index in [1.165, 1.54) is 24.8 Å². The maximum absolute atomic E-state index is 12.0. The summed E-state index contributed by atoms with van der Waals surface area (Å²) in [4.78, 5) is 12.0. The number of carbonyl (C=O) groups is 1. The van der Waals surface area contributed by atoms with E-state index in [0.717, 1.165) is 5.56 Å². The topological polar surface area (TPSA) is 59.3 Å². The van der Waals surface area contributed by atoms with E-state index in [1.54, 1.807) is 18.2 Å². The molecule has 0 heterocycles. The number of esters is 1. The second-order valence-corrected chi connectivity index (χ2v) is 5.55. The summed E-state index contributed by atoms with van der Waals surface area (Å²) < 4.78 is 10.4. The van der Waals surface area contributed by atoms with Gasteiger partial charge in [-0.15, -0.1) is 0 Å². The van der Waals surface area contributed by atoms with Crippen molar-refractivity contribution >= 4 is 12.0 Å². The van der Waals surface area contributed by atoms with Crippen LogP contribution in [0.25, 0.3) is 6.08 Å². The molecule has 0 aliphatic rings. The molecule has 0 saturated heterocycles. The first-order valence-electron chi connectivity index (χ1n) is 7.61. The largest absolute Gasteiger partial charge is 0.493 e. The average molecular weight is 321 g/mol. The lowest BCUT2D eigenvalue weighted by Crippen LogP contribution is -2.05. The van der Waals surface area contributed by atoms with Gasteiger partial charge in [-0.2, -0.15) is 5.26 Å². The van der Waals surface area contributed by atoms with Crippen molar-refractivity contribution in [3.05, 3.63) is 65.2 Å². The molecule has 122 valence electrons. The van der Waals surface area contributed by atoms with E-state index in [1.807, 2.05) is 30.3 Å². The van der Waals surface area contributed by atoms with E-state index < -0.39 is 5.97 Å². The summed E-state index contributed by atoms with van der Waals surface area (Å²) in [6.07, 6.45) is 3.06. The van der Waals surface area contributed by atoms with E-state index in [0.29, 0.717) is 17.2 Å². The number of rotatable bonds is 5. The monoisotopic (exact) mass is 321 g/mol. The molecular formula is C20H19NO3. The van der Waals surface area contributed by atoms with E-state index in [4.69, 9.17) is 14.7 Å². The molecule has 2 rings (SSSR count). The number of nitriles is 1. The van der Waals surface area contributed by atoms with E-state index >= 15 is 0 Å². The van der Waals surface area contributed by atoms with Crippen molar-refractivity contribution in [2.45, 2.75) is 19.8 Å². The van der Waals surface area contributed by atoms with Gasteiger partial charge < -0.3 is 9.47 Å². The van der Waals surface area contributed by atoms with Gasteiger partial charge in [-0.1, -0.05) is 38.1 Å². The average Bonchev–Trinajstić information content (AvgIpc) is 2.60. The Balaban J connectivity index is 2.06. The first-order chi connectivity index (χ1) is 11.5. The van der Waals surface area contributed by atoms with Crippen LogP contribution in [0.3, 0.4) is 0 Å². The van der Waals surface area contributed by atoms with Crippen molar-refractivity contribution in [1.82, 2.24) is 0 Å². The minimum atomic E-state index is -0.508. The second kappa shape index (κ2) is 7.98. The lowest BCUT2D eigenvalue weighted by Gasteiger charge is -2.07. The predicted octanol–water partition coefficient (Wildman–Crippen LogP) is 4.31. The van der Waals surface area contributed by atoms with Crippen LogP contribution < -0.4 is 9.47 Å². The van der Waals surface area contributed by atoms with Crippen molar-refractivity contribution < 1.29 is 14.3 Å². The van der Waals surface area contributed by atoms with Gasteiger partial charge in [0.25, 0.3) is 0 Å². The zero-order valence-corrected chi connectivity index (χ0v) is 13.9. The number of benzene rings is 2. The first-order valence-corrected chi connectivity index (χ1v) is 7.61. The molecule has 0 spiro atoms. The van der Waals surface area contributed by atoms with Gasteiger partial charge in [0, 0.05) is 12.1 Å². The molecule has 4 nitrogen and oxygen atoms in total. The number of methoxy groups -OCH3 is 1. The fraction of sp³-hybridized carbons (Fsp3) is 0.200. The smallest absolute Gasteiger partial charge is 0.336 e. The molecule has 0 aliphatic heterocycles. The quantitative estimate of drug-likeness (QED) is 0.468. The molecular weight excluding hydrogens is 302 g/mol. The zero-order valence-electron chi connectivity index (χ0n) is 13.9. The molecule has 0 N–H and O–H groups in total. The zero-order chi connectivity index (χ0) is 17.5. The van der Waals surface area contributed by atoms with Gasteiger partial charge in [-0.05, 0) is 35.3 Å². The maximum Gasteiger partial charge on any atom is 0.336 e. The molecule has 0 atom stereocenters. The molecule has 0 saturated carbocycles. The summed E-state index contributed by atoms with van der Waals surface area (Å²) in [5.74, 6) is 0.584. The SMILES string of the molecule is COc1cc(C#N)ccc1OC(=O)/C=C/c1ccc(C(C)C)cc1. The molecule has 0 fully saturated rings. The minimum Gasteiger partial charge on any atom is -0.493 e. The fourth-order valence-electron chi connectivity index (χ4n) is 2.12. The van der Waals surface area contributed by atoms with Crippen LogP contribution in [0.5, 0.6) is 11.5 Å². The third kappa shape index (κ3) is 4.47. The molecule has 0 unspecified atom stereocenters. The van der Waals surface area contributed by atoms with E-state index in [-0.39, 0.29) is 5.75 Å². The highest BCUT2D eigenvalue weighted by atomic mass is 16.6. The molecule has 0 bridgehead atoms. The van der Waals surface area contributed by atoms with Crippen LogP contribution in [0.2, 0.25) is 0 Å². The van der Waals surface area contributed by atoms with Gasteiger partial charge in [-0.25, -0.2) is 4.79 Å². The highest BCUT2D eigenvalue weighted by molar-refractivity contribution is 5.89. The highest BCUT2D eigenvalue weighted by Gasteiger charge is 2.09. The standard InChI is InChI=1S/C20H19NO3/c1-14(2)17-8-4-15(5-9-17)7-11-20(22)24-18-10-6-16(13-21)12-19(18)23-3/h4-12,14H,1-3H3/b11-7+. The number of hydrogen-bond acceptors (Lipinski definition) is 4. The van der Waals surface area contributed by atoms with Crippen molar-refractivity contribution in [3.63, 3.8) is 0 Å². The lowest BCUT2D eigenvalue weighted by atomic mass is 10.0. The van der Waals surface area contributed by atoms with Gasteiger partial charge >= 0.3 is 5.97 Å². The van der Waals surface area contributed by atoms with Crippen LogP contribution in [0, 0.1) is 11.3 Å². The van der Waals surface area contributed by atoms with Gasteiger partial charge in [-0.3, -0.25) is 0 Å². The molecule has 0 radical (unpaired) electrons. The van der Waals surface area contributed by atoms with E-state index in [2.05, 4.69) is 13.8 Å². The van der Waals surface area contributed by atoms with Crippen molar-refractivity contribution in [3.8, 4) is 17.6 Å². The summed E-state index contributed by atoms with van der Waals surface area (Å²) in [5.41, 5.74) is 2.60. The van der Waals surface area contributed by atoms with Crippen LogP contribution in [-0.2, 0) is 4.79 Å². The van der Waals surface area contributed by atoms with Crippen LogP contribution in [-0.4, -0.2) is 13.1 Å². The Hall–Kier alpha value is -3.06. The fourth-order valence-corrected chi connectivity index (χ4v) is 2.12. The highest BCUT2D eigenvalue weighted by Crippen LogP contribution is 2.28. The van der Waals surface area contributed by atoms with E-state index in [9.17, 15) is 4.79 Å². The molecule has 4 heteroatoms. The summed E-state index contributed by atoms with van der Waals surface area (Å²) in [7, 11) is 1.46. The Morgan fingerprint density at radius 3 is 2.42 bits per heavy atom. The maximum atomic E-state index is 12.0. The van der Waals surface area contributed by atoms with Gasteiger partial charge in [0.05, 0.1) is 18.7 Å². The second-order valence-electron chi connectivity index (χ2n) is 5.55. The van der Waals surface area contributed by atoms with Crippen LogP contribution in [0.1, 0.15) is 36.5 Å². The Kier molecular flexibility index (Phi) is 5.75. The summed E-state index contributed by atoms with van der Waals surface area (Å²) >= 11 is 0. The van der Waals surface area contributed by atoms with Crippen molar-refractivity contribution in [2.24, 2.45) is 0 Å². The Labute approximate surface area is 141 Å². The normalized spacial score (nSPS) is 10.6. The summed E-state index contributed by atoms with van der Waals surface area (Å²) in [6.45, 7) is 4.26. The lowest BCUT2D eigenvalue weighted by molar-refractivity contribution is -0.129. The van der Waals surface area contributed by atoms with Crippen LogP contribution in [0.15, 0.2) is 48.5 Å². The number of hydrogen-bond donors (Lipinski definition) is 0. The molecule has 0 aliphatic carbocycles.